The van der Waals surface area contributed by atoms with Crippen LogP contribution in [0.2, 0.25) is 0 Å². The lowest BCUT2D eigenvalue weighted by atomic mass is 9.96. The van der Waals surface area contributed by atoms with Gasteiger partial charge in [0.1, 0.15) is 18.1 Å². The maximum Gasteiger partial charge on any atom is 0.295 e. The number of nitrogens with zero attached hydrogens (tertiary/aromatic N) is 3. The van der Waals surface area contributed by atoms with Crippen LogP contribution >= 0.6 is 0 Å². The van der Waals surface area contributed by atoms with Crippen LogP contribution in [-0.2, 0) is 16.2 Å². The zero-order chi connectivity index (χ0) is 25.5. The van der Waals surface area contributed by atoms with E-state index >= 15 is 0 Å². The fraction of sp³-hybridized carbons (Fsp3) is 0.276. The Bertz CT molecular complexity index is 1210. The van der Waals surface area contributed by atoms with Crippen LogP contribution in [0.15, 0.2) is 84.7 Å². The lowest BCUT2D eigenvalue weighted by Crippen LogP contribution is -2.38. The third-order valence-corrected chi connectivity index (χ3v) is 6.49. The number of likely N-dealkylation sites (N-methyl/N-ethyl adjacent to an activating group) is 1. The molecule has 1 atom stereocenters. The molecule has 1 saturated heterocycles. The molecule has 4 rings (SSSR count). The Morgan fingerprint density at radius 3 is 2.28 bits per heavy atom. The van der Waals surface area contributed by atoms with Gasteiger partial charge >= 0.3 is 0 Å². The minimum absolute atomic E-state index is 0.0868. The molecule has 2 heterocycles. The second-order valence-corrected chi connectivity index (χ2v) is 8.60. The van der Waals surface area contributed by atoms with Gasteiger partial charge in [-0.3, -0.25) is 14.6 Å². The molecule has 0 saturated carbocycles. The molecule has 1 fully saturated rings. The molecule has 7 heteroatoms. The van der Waals surface area contributed by atoms with Crippen molar-refractivity contribution >= 4 is 17.4 Å². The normalized spacial score (nSPS) is 17.1. The van der Waals surface area contributed by atoms with Gasteiger partial charge in [-0.15, -0.1) is 0 Å². The van der Waals surface area contributed by atoms with E-state index in [0.717, 1.165) is 24.2 Å². The molecule has 36 heavy (non-hydrogen) atoms. The van der Waals surface area contributed by atoms with Gasteiger partial charge in [0.2, 0.25) is 0 Å². The van der Waals surface area contributed by atoms with E-state index in [1.165, 1.54) is 0 Å². The Kier molecular flexibility index (Phi) is 8.13. The molecular weight excluding hydrogens is 454 g/mol. The number of hydrogen-bond donors (Lipinski definition) is 1. The van der Waals surface area contributed by atoms with Crippen LogP contribution in [0, 0.1) is 0 Å². The molecule has 186 valence electrons. The third-order valence-electron chi connectivity index (χ3n) is 6.49. The molecule has 3 aromatic rings. The molecule has 1 amide bonds. The number of likely N-dealkylation sites (tertiary alicyclic amines) is 1. The lowest BCUT2D eigenvalue weighted by molar-refractivity contribution is -0.140. The number of amides is 1. The zero-order valence-corrected chi connectivity index (χ0v) is 20.6. The van der Waals surface area contributed by atoms with Crippen molar-refractivity contribution in [3.8, 4) is 5.75 Å². The number of ether oxygens (including phenoxy) is 1. The van der Waals surface area contributed by atoms with E-state index in [9.17, 15) is 14.7 Å². The summed E-state index contributed by atoms with van der Waals surface area (Å²) < 4.78 is 5.83. The Morgan fingerprint density at radius 1 is 0.972 bits per heavy atom. The first kappa shape index (κ1) is 25.1. The first-order chi connectivity index (χ1) is 17.5. The van der Waals surface area contributed by atoms with E-state index < -0.39 is 17.7 Å². The Hall–Kier alpha value is -3.97. The van der Waals surface area contributed by atoms with Gasteiger partial charge in [-0.1, -0.05) is 44.2 Å². The van der Waals surface area contributed by atoms with Gasteiger partial charge in [0.15, 0.2) is 0 Å². The van der Waals surface area contributed by atoms with Crippen molar-refractivity contribution in [2.75, 3.05) is 26.2 Å². The van der Waals surface area contributed by atoms with Crippen LogP contribution in [0.3, 0.4) is 0 Å². The van der Waals surface area contributed by atoms with Crippen LogP contribution in [0.5, 0.6) is 5.75 Å². The number of benzene rings is 2. The van der Waals surface area contributed by atoms with Gasteiger partial charge in [-0.25, -0.2) is 0 Å². The number of pyridine rings is 1. The van der Waals surface area contributed by atoms with Crippen LogP contribution in [0.4, 0.5) is 0 Å². The quantitative estimate of drug-likeness (QED) is 0.260. The average molecular weight is 486 g/mol. The second-order valence-electron chi connectivity index (χ2n) is 8.60. The van der Waals surface area contributed by atoms with E-state index in [-0.39, 0.29) is 11.3 Å². The maximum absolute atomic E-state index is 13.2. The van der Waals surface area contributed by atoms with Crippen molar-refractivity contribution in [2.24, 2.45) is 0 Å². The van der Waals surface area contributed by atoms with E-state index in [4.69, 9.17) is 4.74 Å². The summed E-state index contributed by atoms with van der Waals surface area (Å²) in [5.74, 6) is -0.845. The molecule has 7 nitrogen and oxygen atoms in total. The van der Waals surface area contributed by atoms with Gasteiger partial charge in [0.05, 0.1) is 11.6 Å². The summed E-state index contributed by atoms with van der Waals surface area (Å²) in [6.07, 6.45) is 3.25. The summed E-state index contributed by atoms with van der Waals surface area (Å²) in [6.45, 7) is 7.25. The van der Waals surface area contributed by atoms with Crippen molar-refractivity contribution < 1.29 is 19.4 Å². The molecule has 1 N–H and O–H groups in total. The Balaban J connectivity index is 1.62. The number of carbonyl (C=O) groups excluding carboxylic acids is 2. The number of rotatable bonds is 10. The molecule has 1 aromatic heterocycles. The lowest BCUT2D eigenvalue weighted by Gasteiger charge is -2.28. The smallest absolute Gasteiger partial charge is 0.295 e. The van der Waals surface area contributed by atoms with Gasteiger partial charge in [0.25, 0.3) is 11.7 Å². The third kappa shape index (κ3) is 5.47. The minimum atomic E-state index is -0.683. The summed E-state index contributed by atoms with van der Waals surface area (Å²) in [7, 11) is 0. The highest BCUT2D eigenvalue weighted by Crippen LogP contribution is 2.39. The summed E-state index contributed by atoms with van der Waals surface area (Å²) in [4.78, 5) is 34.1. The summed E-state index contributed by atoms with van der Waals surface area (Å²) >= 11 is 0. The summed E-state index contributed by atoms with van der Waals surface area (Å²) in [5.41, 5.74) is 2.31. The first-order valence-electron chi connectivity index (χ1n) is 12.2. The van der Waals surface area contributed by atoms with E-state index in [2.05, 4.69) is 23.7 Å². The van der Waals surface area contributed by atoms with E-state index in [1.54, 1.807) is 53.7 Å². The van der Waals surface area contributed by atoms with Gasteiger partial charge in [-0.05, 0) is 60.6 Å². The minimum Gasteiger partial charge on any atom is -0.507 e. The van der Waals surface area contributed by atoms with Crippen LogP contribution in [0.1, 0.15) is 36.6 Å². The van der Waals surface area contributed by atoms with Crippen molar-refractivity contribution in [1.82, 2.24) is 14.8 Å². The number of aliphatic hydroxyl groups is 1. The number of carbonyl (C=O) groups is 2. The summed E-state index contributed by atoms with van der Waals surface area (Å²) in [6, 6.07) is 19.6. The number of ketones is 1. The monoisotopic (exact) mass is 485 g/mol. The molecular formula is C29H31N3O4. The Labute approximate surface area is 211 Å². The average Bonchev–Trinajstić information content (AvgIpc) is 3.18. The molecule has 1 aliphatic rings. The molecule has 0 radical (unpaired) electrons. The van der Waals surface area contributed by atoms with Crippen molar-refractivity contribution in [3.63, 3.8) is 0 Å². The second kappa shape index (κ2) is 11.6. The van der Waals surface area contributed by atoms with Crippen LogP contribution < -0.4 is 4.74 Å². The fourth-order valence-corrected chi connectivity index (χ4v) is 4.40. The molecule has 1 unspecified atom stereocenters. The highest BCUT2D eigenvalue weighted by molar-refractivity contribution is 6.46. The fourth-order valence-electron chi connectivity index (χ4n) is 4.40. The molecule has 0 spiro atoms. The zero-order valence-electron chi connectivity index (χ0n) is 20.6. The van der Waals surface area contributed by atoms with Gasteiger partial charge in [0, 0.05) is 31.0 Å². The SMILES string of the molecule is CCN(CC)CCN1C(=O)C(=O)C(=C(O)c2ccc(OCc3ccccc3)cc2)C1c1ccncc1. The predicted molar refractivity (Wildman–Crippen MR) is 138 cm³/mol. The predicted octanol–water partition coefficient (Wildman–Crippen LogP) is 4.42. The molecule has 0 aliphatic carbocycles. The highest BCUT2D eigenvalue weighted by Gasteiger charge is 2.45. The molecule has 1 aliphatic heterocycles. The van der Waals surface area contributed by atoms with Crippen molar-refractivity contribution in [3.05, 3.63) is 101 Å². The number of hydrogen-bond acceptors (Lipinski definition) is 6. The first-order valence-corrected chi connectivity index (χ1v) is 12.2. The number of aromatic nitrogens is 1. The number of aliphatic hydroxyl groups excluding tert-OH is 1. The largest absolute Gasteiger partial charge is 0.507 e. The van der Waals surface area contributed by atoms with Crippen molar-refractivity contribution in [1.29, 1.82) is 0 Å². The molecule has 0 bridgehead atoms. The molecule has 2 aromatic carbocycles. The standard InChI is InChI=1S/C29H31N3O4/c1-3-31(4-2)18-19-32-26(22-14-16-30-17-15-22)25(28(34)29(32)35)27(33)23-10-12-24(13-11-23)36-20-21-8-6-5-7-9-21/h5-17,26,33H,3-4,18-20H2,1-2H3. The highest BCUT2D eigenvalue weighted by atomic mass is 16.5. The Morgan fingerprint density at radius 2 is 1.64 bits per heavy atom. The van der Waals surface area contributed by atoms with E-state index in [1.807, 2.05) is 30.3 Å². The topological polar surface area (TPSA) is 83.0 Å². The number of Topliss-reactive ketones (excluding diaryl/α,β-unsaturated/α-hetero) is 1. The van der Waals surface area contributed by atoms with Gasteiger partial charge < -0.3 is 19.6 Å². The van der Waals surface area contributed by atoms with Gasteiger partial charge in [-0.2, -0.15) is 0 Å². The maximum atomic E-state index is 13.2. The summed E-state index contributed by atoms with van der Waals surface area (Å²) in [5, 5.41) is 11.2. The van der Waals surface area contributed by atoms with Crippen molar-refractivity contribution in [2.45, 2.75) is 26.5 Å². The van der Waals surface area contributed by atoms with Crippen LogP contribution in [0.25, 0.3) is 5.76 Å². The van der Waals surface area contributed by atoms with Crippen LogP contribution in [-0.4, -0.2) is 57.8 Å². The van der Waals surface area contributed by atoms with E-state index in [0.29, 0.717) is 31.0 Å².